The second-order valence-electron chi connectivity index (χ2n) is 5.33. The minimum absolute atomic E-state index is 0.153. The van der Waals surface area contributed by atoms with Gasteiger partial charge in [-0.2, -0.15) is 0 Å². The first-order valence-electron chi connectivity index (χ1n) is 7.57. The molecule has 0 fully saturated rings. The Balaban J connectivity index is 1.73. The number of rotatable bonds is 4. The number of nitrogen functional groups attached to an aromatic ring is 1. The first-order chi connectivity index (χ1) is 12.3. The Labute approximate surface area is 166 Å². The van der Waals surface area contributed by atoms with E-state index in [4.69, 9.17) is 5.73 Å². The first kappa shape index (κ1) is 16.6. The van der Waals surface area contributed by atoms with Gasteiger partial charge < -0.3 is 0 Å². The Hall–Kier alpha value is -1.81. The second-order valence-corrected chi connectivity index (χ2v) is 10.1. The molecule has 4 aromatic rings. The number of fused-ring (bicyclic) bond motifs is 1. The monoisotopic (exact) mass is 553 g/mol. The van der Waals surface area contributed by atoms with E-state index in [0.717, 1.165) is 22.2 Å². The summed E-state index contributed by atoms with van der Waals surface area (Å²) in [6.45, 7) is 0. The van der Waals surface area contributed by atoms with Gasteiger partial charge in [0.25, 0.3) is 0 Å². The Bertz CT molecular complexity index is 1040. The number of nitrogens with zero attached hydrogens (tertiary/aromatic N) is 3. The van der Waals surface area contributed by atoms with Gasteiger partial charge in [-0.05, 0) is 0 Å². The summed E-state index contributed by atoms with van der Waals surface area (Å²) in [5, 5.41) is 0.927. The van der Waals surface area contributed by atoms with E-state index in [1.165, 1.54) is 13.5 Å². The van der Waals surface area contributed by atoms with Gasteiger partial charge in [0, 0.05) is 0 Å². The quantitative estimate of drug-likeness (QED) is 0.384. The molecule has 0 aliphatic heterocycles. The van der Waals surface area contributed by atoms with E-state index in [1.54, 1.807) is 0 Å². The van der Waals surface area contributed by atoms with E-state index in [-0.39, 0.29) is 21.2 Å². The van der Waals surface area contributed by atoms with E-state index in [1.807, 2.05) is 0 Å². The van der Waals surface area contributed by atoms with E-state index < -0.39 is 21.0 Å². The predicted octanol–water partition coefficient (Wildman–Crippen LogP) is 0.975. The van der Waals surface area contributed by atoms with Crippen molar-refractivity contribution in [3.8, 4) is 11.1 Å². The molecule has 0 bridgehead atoms. The third-order valence-corrected chi connectivity index (χ3v) is 7.96. The third kappa shape index (κ3) is 3.32. The summed E-state index contributed by atoms with van der Waals surface area (Å²) in [4.78, 5) is 8.56. The molecule has 2 N–H and O–H groups in total. The first-order valence-corrected chi connectivity index (χ1v) is 12.2. The zero-order chi connectivity index (χ0) is 17.2. The fraction of sp³-hybridized carbons (Fsp3) is 0. The van der Waals surface area contributed by atoms with Gasteiger partial charge in [0.15, 0.2) is 0 Å². The number of hydrogen-bond donors (Lipinski definition) is 1. The van der Waals surface area contributed by atoms with E-state index in [0.29, 0.717) is 5.82 Å². The Morgan fingerprint density at radius 2 is 1.68 bits per heavy atom. The van der Waals surface area contributed by atoms with Crippen molar-refractivity contribution >= 4 is 42.4 Å². The minimum atomic E-state index is -0.391. The van der Waals surface area contributed by atoms with Crippen LogP contribution in [0.4, 0.5) is 5.82 Å². The number of aromatic nitrogens is 3. The maximum atomic E-state index is 6.13. The average Bonchev–Trinajstić information content (AvgIpc) is 3.03. The van der Waals surface area contributed by atoms with Crippen LogP contribution in [0.25, 0.3) is 22.2 Å². The molecule has 0 aliphatic carbocycles. The normalized spacial score (nSPS) is 11.2. The van der Waals surface area contributed by atoms with Gasteiger partial charge in [-0.15, -0.1) is 0 Å². The van der Waals surface area contributed by atoms with Gasteiger partial charge in [0.2, 0.25) is 0 Å². The molecule has 0 radical (unpaired) electrons. The second kappa shape index (κ2) is 7.20. The Morgan fingerprint density at radius 1 is 0.960 bits per heavy atom. The van der Waals surface area contributed by atoms with E-state index in [9.17, 15) is 0 Å². The SMILES string of the molecule is C=In1cc(-c2ccc([I-]c3ccccc3)cc2)c2c(N)ncnc21. The molecule has 2 aromatic heterocycles. The molecule has 0 saturated carbocycles. The third-order valence-electron chi connectivity index (χ3n) is 3.81. The van der Waals surface area contributed by atoms with Crippen molar-refractivity contribution < 1.29 is 21.2 Å². The van der Waals surface area contributed by atoms with Gasteiger partial charge >= 0.3 is 167 Å². The van der Waals surface area contributed by atoms with Crippen LogP contribution in [0.5, 0.6) is 0 Å². The van der Waals surface area contributed by atoms with Crippen molar-refractivity contribution in [3.63, 3.8) is 0 Å². The van der Waals surface area contributed by atoms with E-state index >= 15 is 0 Å². The molecule has 0 unspecified atom stereocenters. The van der Waals surface area contributed by atoms with Crippen molar-refractivity contribution in [1.82, 2.24) is 12.7 Å². The van der Waals surface area contributed by atoms with Crippen LogP contribution in [-0.4, -0.2) is 17.3 Å². The van der Waals surface area contributed by atoms with Crippen molar-refractivity contribution in [2.24, 2.45) is 0 Å². The zero-order valence-electron chi connectivity index (χ0n) is 13.2. The molecule has 0 saturated heterocycles. The molecule has 0 atom stereocenters. The van der Waals surface area contributed by atoms with Gasteiger partial charge in [-0.25, -0.2) is 0 Å². The van der Waals surface area contributed by atoms with Crippen LogP contribution in [0, 0.1) is 7.14 Å². The molecule has 25 heavy (non-hydrogen) atoms. The standard InChI is InChI=1S/C19H15I2N4/c1-20-25-11-16(17-18(22)23-12-24-19(17)25)13-7-9-15(10-8-13)21-14-5-3-2-4-6-14/h2-12H,1H2,(H2,22,23,24)/q-1. The van der Waals surface area contributed by atoms with Crippen molar-refractivity contribution in [3.05, 3.63) is 74.3 Å². The number of nitrogens with two attached hydrogens (primary N) is 1. The molecule has 2 heterocycles. The molecule has 0 amide bonds. The van der Waals surface area contributed by atoms with Crippen LogP contribution in [0.1, 0.15) is 0 Å². The number of hydrogen-bond acceptors (Lipinski definition) is 3. The summed E-state index contributed by atoms with van der Waals surface area (Å²) < 4.78 is 9.01. The molecular formula is C19H15I2N4-. The molecule has 0 spiro atoms. The van der Waals surface area contributed by atoms with Crippen LogP contribution in [-0.2, 0) is 0 Å². The molecule has 126 valence electrons. The number of anilines is 1. The fourth-order valence-corrected chi connectivity index (χ4v) is 6.03. The number of benzene rings is 2. The van der Waals surface area contributed by atoms with Gasteiger partial charge in [-0.1, -0.05) is 0 Å². The van der Waals surface area contributed by atoms with Crippen molar-refractivity contribution in [2.45, 2.75) is 0 Å². The molecule has 4 nitrogen and oxygen atoms in total. The molecule has 0 aliphatic rings. The summed E-state index contributed by atoms with van der Waals surface area (Å²) in [5.41, 5.74) is 9.23. The van der Waals surface area contributed by atoms with Gasteiger partial charge in [0.05, 0.1) is 0 Å². The molecular weight excluding hydrogens is 538 g/mol. The van der Waals surface area contributed by atoms with Gasteiger partial charge in [-0.3, -0.25) is 0 Å². The Kier molecular flexibility index (Phi) is 4.80. The molecule has 2 aromatic carbocycles. The number of halogens is 2. The average molecular weight is 553 g/mol. The van der Waals surface area contributed by atoms with Crippen LogP contribution < -0.4 is 26.9 Å². The summed E-state index contributed by atoms with van der Waals surface area (Å²) in [7, 11) is 0. The maximum absolute atomic E-state index is 6.13. The van der Waals surface area contributed by atoms with Crippen LogP contribution in [0.3, 0.4) is 0 Å². The summed E-state index contributed by atoms with van der Waals surface area (Å²) >= 11 is -0.544. The van der Waals surface area contributed by atoms with Crippen molar-refractivity contribution in [1.29, 1.82) is 0 Å². The summed E-state index contributed by atoms with van der Waals surface area (Å²) in [6.07, 6.45) is 3.63. The van der Waals surface area contributed by atoms with Gasteiger partial charge in [0.1, 0.15) is 0 Å². The zero-order valence-corrected chi connectivity index (χ0v) is 17.5. The van der Waals surface area contributed by atoms with Crippen LogP contribution in [0.15, 0.2) is 67.1 Å². The van der Waals surface area contributed by atoms with Crippen molar-refractivity contribution in [2.75, 3.05) is 5.73 Å². The summed E-state index contributed by atoms with van der Waals surface area (Å²) in [5.74, 6) is 0.525. The van der Waals surface area contributed by atoms with Crippen LogP contribution in [0.2, 0.25) is 0 Å². The molecule has 6 heteroatoms. The van der Waals surface area contributed by atoms with E-state index in [2.05, 4.69) is 78.1 Å². The van der Waals surface area contributed by atoms with Crippen LogP contribution >= 0.6 is 21.0 Å². The Morgan fingerprint density at radius 3 is 2.40 bits per heavy atom. The fourth-order valence-electron chi connectivity index (χ4n) is 2.65. The topological polar surface area (TPSA) is 56.7 Å². The molecule has 4 rings (SSSR count). The predicted molar refractivity (Wildman–Crippen MR) is 108 cm³/mol. The summed E-state index contributed by atoms with van der Waals surface area (Å²) in [6, 6.07) is 19.4.